The van der Waals surface area contributed by atoms with Crippen LogP contribution in [-0.2, 0) is 16.6 Å². The van der Waals surface area contributed by atoms with E-state index in [0.29, 0.717) is 5.75 Å². The number of benzene rings is 2. The van der Waals surface area contributed by atoms with E-state index in [2.05, 4.69) is 4.72 Å². The molecule has 0 saturated heterocycles. The summed E-state index contributed by atoms with van der Waals surface area (Å²) >= 11 is 11.8. The first-order valence-electron chi connectivity index (χ1n) is 6.00. The monoisotopic (exact) mass is 345 g/mol. The molecule has 0 radical (unpaired) electrons. The fraction of sp³-hybridized carbons (Fsp3) is 0.143. The largest absolute Gasteiger partial charge is 0.497 e. The number of sulfonamides is 1. The maximum Gasteiger partial charge on any atom is 0.242 e. The van der Waals surface area contributed by atoms with Crippen LogP contribution in [0.15, 0.2) is 47.4 Å². The highest BCUT2D eigenvalue weighted by atomic mass is 35.5. The average molecular weight is 346 g/mol. The minimum atomic E-state index is -3.74. The van der Waals surface area contributed by atoms with Crippen LogP contribution in [-0.4, -0.2) is 15.5 Å². The number of hydrogen-bond acceptors (Lipinski definition) is 3. The van der Waals surface area contributed by atoms with E-state index in [1.807, 2.05) is 0 Å². The summed E-state index contributed by atoms with van der Waals surface area (Å²) in [7, 11) is -2.19. The number of rotatable bonds is 5. The Morgan fingerprint density at radius 1 is 1.14 bits per heavy atom. The number of nitrogens with one attached hydrogen (secondary N) is 1. The molecule has 0 bridgehead atoms. The molecule has 1 N–H and O–H groups in total. The Hall–Kier alpha value is -1.27. The number of halogens is 2. The van der Waals surface area contributed by atoms with Gasteiger partial charge in [0.05, 0.1) is 17.2 Å². The van der Waals surface area contributed by atoms with Crippen molar-refractivity contribution < 1.29 is 13.2 Å². The molecular weight excluding hydrogens is 333 g/mol. The van der Waals surface area contributed by atoms with Crippen LogP contribution in [0.5, 0.6) is 5.75 Å². The highest BCUT2D eigenvalue weighted by Crippen LogP contribution is 2.28. The molecular formula is C14H13Cl2NO3S. The van der Waals surface area contributed by atoms with Gasteiger partial charge in [0.1, 0.15) is 10.6 Å². The van der Waals surface area contributed by atoms with Crippen molar-refractivity contribution >= 4 is 33.2 Å². The zero-order chi connectivity index (χ0) is 15.5. The smallest absolute Gasteiger partial charge is 0.242 e. The Bertz CT molecular complexity index is 748. The van der Waals surface area contributed by atoms with Crippen molar-refractivity contribution in [2.45, 2.75) is 11.4 Å². The molecule has 2 aromatic carbocycles. The van der Waals surface area contributed by atoms with Gasteiger partial charge in [-0.25, -0.2) is 13.1 Å². The fourth-order valence-electron chi connectivity index (χ4n) is 1.73. The second-order valence-corrected chi connectivity index (χ2v) is 6.75. The van der Waals surface area contributed by atoms with Crippen molar-refractivity contribution in [3.8, 4) is 5.75 Å². The van der Waals surface area contributed by atoms with Gasteiger partial charge in [0.25, 0.3) is 0 Å². The zero-order valence-corrected chi connectivity index (χ0v) is 13.5. The van der Waals surface area contributed by atoms with Crippen LogP contribution in [0.2, 0.25) is 10.0 Å². The first-order valence-corrected chi connectivity index (χ1v) is 8.24. The highest BCUT2D eigenvalue weighted by Gasteiger charge is 2.19. The molecule has 0 saturated carbocycles. The van der Waals surface area contributed by atoms with Gasteiger partial charge in [-0.1, -0.05) is 41.4 Å². The van der Waals surface area contributed by atoms with Gasteiger partial charge in [-0.05, 0) is 29.8 Å². The van der Waals surface area contributed by atoms with Gasteiger partial charge in [0.2, 0.25) is 10.0 Å². The van der Waals surface area contributed by atoms with Crippen LogP contribution < -0.4 is 9.46 Å². The first-order chi connectivity index (χ1) is 9.94. The molecule has 0 fully saturated rings. The Labute approximate surface area is 133 Å². The minimum Gasteiger partial charge on any atom is -0.497 e. The molecule has 0 aliphatic heterocycles. The van der Waals surface area contributed by atoms with Gasteiger partial charge in [-0.3, -0.25) is 0 Å². The normalized spacial score (nSPS) is 11.4. The molecule has 7 heteroatoms. The van der Waals surface area contributed by atoms with E-state index < -0.39 is 10.0 Å². The third-order valence-corrected chi connectivity index (χ3v) is 5.18. The second kappa shape index (κ2) is 6.66. The lowest BCUT2D eigenvalue weighted by molar-refractivity contribution is 0.414. The summed E-state index contributed by atoms with van der Waals surface area (Å²) in [5, 5.41) is 0.207. The highest BCUT2D eigenvalue weighted by molar-refractivity contribution is 7.89. The summed E-state index contributed by atoms with van der Waals surface area (Å²) in [6.45, 7) is 0.127. The van der Waals surface area contributed by atoms with Gasteiger partial charge in [-0.15, -0.1) is 0 Å². The Kier molecular flexibility index (Phi) is 5.11. The first kappa shape index (κ1) is 16.1. The standard InChI is InChI=1S/C14H13Cl2NO3S/c1-20-11-5-2-4-10(8-11)9-17-21(18,19)13-7-3-6-12(15)14(13)16/h2-8,17H,9H2,1H3. The van der Waals surface area contributed by atoms with Crippen molar-refractivity contribution in [2.75, 3.05) is 7.11 Å². The molecule has 0 atom stereocenters. The summed E-state index contributed by atoms with van der Waals surface area (Å²) < 4.78 is 32.1. The van der Waals surface area contributed by atoms with Crippen LogP contribution in [0.3, 0.4) is 0 Å². The summed E-state index contributed by atoms with van der Waals surface area (Å²) in [6.07, 6.45) is 0. The SMILES string of the molecule is COc1cccc(CNS(=O)(=O)c2cccc(Cl)c2Cl)c1. The Balaban J connectivity index is 2.20. The average Bonchev–Trinajstić information content (AvgIpc) is 2.48. The van der Waals surface area contributed by atoms with Crippen LogP contribution >= 0.6 is 23.2 Å². The maximum absolute atomic E-state index is 12.2. The summed E-state index contributed by atoms with van der Waals surface area (Å²) in [6, 6.07) is 11.6. The van der Waals surface area contributed by atoms with E-state index in [-0.39, 0.29) is 21.5 Å². The molecule has 21 heavy (non-hydrogen) atoms. The number of ether oxygens (including phenoxy) is 1. The minimum absolute atomic E-state index is 0.0114. The molecule has 0 aliphatic carbocycles. The van der Waals surface area contributed by atoms with Crippen molar-refractivity contribution in [1.29, 1.82) is 0 Å². The second-order valence-electron chi connectivity index (χ2n) is 4.23. The quantitative estimate of drug-likeness (QED) is 0.902. The lowest BCUT2D eigenvalue weighted by Gasteiger charge is -2.10. The zero-order valence-electron chi connectivity index (χ0n) is 11.1. The van der Waals surface area contributed by atoms with Crippen molar-refractivity contribution in [2.24, 2.45) is 0 Å². The molecule has 0 amide bonds. The van der Waals surface area contributed by atoms with E-state index in [9.17, 15) is 8.42 Å². The van der Waals surface area contributed by atoms with Crippen molar-refractivity contribution in [1.82, 2.24) is 4.72 Å². The van der Waals surface area contributed by atoms with Crippen molar-refractivity contribution in [3.63, 3.8) is 0 Å². The molecule has 2 rings (SSSR count). The van der Waals surface area contributed by atoms with Gasteiger partial charge in [0, 0.05) is 6.54 Å². The van der Waals surface area contributed by atoms with Crippen LogP contribution in [0.25, 0.3) is 0 Å². The molecule has 2 aromatic rings. The third kappa shape index (κ3) is 3.89. The lowest BCUT2D eigenvalue weighted by Crippen LogP contribution is -2.23. The Morgan fingerprint density at radius 2 is 1.86 bits per heavy atom. The molecule has 0 aliphatic rings. The molecule has 0 unspecified atom stereocenters. The summed E-state index contributed by atoms with van der Waals surface area (Å²) in [4.78, 5) is -0.0421. The van der Waals surface area contributed by atoms with E-state index >= 15 is 0 Å². The van der Waals surface area contributed by atoms with Crippen LogP contribution in [0, 0.1) is 0 Å². The van der Waals surface area contributed by atoms with E-state index in [1.54, 1.807) is 31.4 Å². The van der Waals surface area contributed by atoms with Crippen molar-refractivity contribution in [3.05, 3.63) is 58.1 Å². The number of hydrogen-bond donors (Lipinski definition) is 1. The predicted molar refractivity (Wildman–Crippen MR) is 83.5 cm³/mol. The maximum atomic E-state index is 12.2. The summed E-state index contributed by atoms with van der Waals surface area (Å²) in [5.41, 5.74) is 0.774. The Morgan fingerprint density at radius 3 is 2.57 bits per heavy atom. The van der Waals surface area contributed by atoms with Gasteiger partial charge in [-0.2, -0.15) is 0 Å². The predicted octanol–water partition coefficient (Wildman–Crippen LogP) is 3.48. The third-order valence-electron chi connectivity index (χ3n) is 2.81. The van der Waals surface area contributed by atoms with Gasteiger partial charge >= 0.3 is 0 Å². The molecule has 4 nitrogen and oxygen atoms in total. The topological polar surface area (TPSA) is 55.4 Å². The van der Waals surface area contributed by atoms with Crippen LogP contribution in [0.4, 0.5) is 0 Å². The lowest BCUT2D eigenvalue weighted by atomic mass is 10.2. The molecule has 0 heterocycles. The van der Waals surface area contributed by atoms with E-state index in [1.165, 1.54) is 18.2 Å². The van der Waals surface area contributed by atoms with E-state index in [4.69, 9.17) is 27.9 Å². The summed E-state index contributed by atoms with van der Waals surface area (Å²) in [5.74, 6) is 0.660. The van der Waals surface area contributed by atoms with Gasteiger partial charge in [0.15, 0.2) is 0 Å². The van der Waals surface area contributed by atoms with Crippen LogP contribution in [0.1, 0.15) is 5.56 Å². The molecule has 112 valence electrons. The molecule has 0 spiro atoms. The van der Waals surface area contributed by atoms with Gasteiger partial charge < -0.3 is 4.74 Å². The number of methoxy groups -OCH3 is 1. The van der Waals surface area contributed by atoms with E-state index in [0.717, 1.165) is 5.56 Å². The fourth-order valence-corrected chi connectivity index (χ4v) is 3.51. The molecule has 0 aromatic heterocycles.